The van der Waals surface area contributed by atoms with Crippen LogP contribution in [0.3, 0.4) is 0 Å². The molecule has 1 saturated heterocycles. The first-order chi connectivity index (χ1) is 15.3. The number of aliphatic hydroxyl groups excluding tert-OH is 1. The zero-order valence-corrected chi connectivity index (χ0v) is 18.6. The number of esters is 1. The molecule has 0 unspecified atom stereocenters. The molecule has 1 N–H and O–H groups in total. The smallest absolute Gasteiger partial charge is 0.324 e. The minimum absolute atomic E-state index is 0.0308. The summed E-state index contributed by atoms with van der Waals surface area (Å²) < 4.78 is 38.0. The molecule has 1 aliphatic rings. The van der Waals surface area contributed by atoms with Crippen LogP contribution < -0.4 is 0 Å². The van der Waals surface area contributed by atoms with E-state index >= 15 is 0 Å². The van der Waals surface area contributed by atoms with Crippen molar-refractivity contribution in [1.82, 2.24) is 9.46 Å². The molecule has 8 nitrogen and oxygen atoms in total. The number of rotatable bonds is 6. The van der Waals surface area contributed by atoms with Gasteiger partial charge in [0.2, 0.25) is 10.0 Å². The van der Waals surface area contributed by atoms with Crippen molar-refractivity contribution < 1.29 is 27.6 Å². The average molecular weight is 457 g/mol. The normalized spacial score (nSPS) is 19.2. The number of hydrogen-bond acceptors (Lipinski definition) is 7. The molecule has 4 rings (SSSR count). The number of aromatic nitrogens is 1. The summed E-state index contributed by atoms with van der Waals surface area (Å²) in [6.45, 7) is 3.37. The van der Waals surface area contributed by atoms with Gasteiger partial charge in [-0.3, -0.25) is 4.79 Å². The van der Waals surface area contributed by atoms with E-state index in [1.807, 2.05) is 44.2 Å². The molecule has 0 saturated carbocycles. The molecule has 1 aromatic heterocycles. The van der Waals surface area contributed by atoms with Crippen molar-refractivity contribution in [3.63, 3.8) is 0 Å². The first-order valence-electron chi connectivity index (χ1n) is 10.2. The molecule has 168 valence electrons. The Labute approximate surface area is 186 Å². The Balaban J connectivity index is 1.48. The number of sulfonamides is 1. The lowest BCUT2D eigenvalue weighted by Crippen LogP contribution is -2.41. The third-order valence-electron chi connectivity index (χ3n) is 5.57. The van der Waals surface area contributed by atoms with E-state index in [0.29, 0.717) is 11.5 Å². The molecule has 2 aromatic carbocycles. The largest absolute Gasteiger partial charge is 0.458 e. The van der Waals surface area contributed by atoms with E-state index < -0.39 is 28.1 Å². The first-order valence-corrected chi connectivity index (χ1v) is 11.6. The van der Waals surface area contributed by atoms with E-state index in [1.54, 1.807) is 18.2 Å². The SMILES string of the molecule is Cc1ccc(S(=O)(=O)N2C[C@H](O)C[C@@H]2C(=O)OCc2cc(-c3ccccc3)on2)cc1C. The highest BCUT2D eigenvalue weighted by molar-refractivity contribution is 7.89. The monoisotopic (exact) mass is 456 g/mol. The van der Waals surface area contributed by atoms with E-state index in [4.69, 9.17) is 9.26 Å². The van der Waals surface area contributed by atoms with Crippen LogP contribution in [-0.4, -0.2) is 47.6 Å². The molecule has 32 heavy (non-hydrogen) atoms. The second-order valence-electron chi connectivity index (χ2n) is 7.88. The fourth-order valence-corrected chi connectivity index (χ4v) is 5.35. The van der Waals surface area contributed by atoms with Crippen molar-refractivity contribution in [2.24, 2.45) is 0 Å². The predicted octanol–water partition coefficient (Wildman–Crippen LogP) is 2.83. The van der Waals surface area contributed by atoms with Crippen LogP contribution in [0.5, 0.6) is 0 Å². The van der Waals surface area contributed by atoms with E-state index in [2.05, 4.69) is 5.16 Å². The van der Waals surface area contributed by atoms with Crippen LogP contribution in [0.15, 0.2) is 64.0 Å². The maximum atomic E-state index is 13.2. The molecule has 0 radical (unpaired) electrons. The van der Waals surface area contributed by atoms with E-state index in [0.717, 1.165) is 21.0 Å². The summed E-state index contributed by atoms with van der Waals surface area (Å²) in [6, 6.07) is 14.7. The minimum Gasteiger partial charge on any atom is -0.458 e. The molecule has 2 heterocycles. The Kier molecular flexibility index (Phi) is 6.14. The van der Waals surface area contributed by atoms with Gasteiger partial charge in [0.05, 0.1) is 11.0 Å². The molecule has 2 atom stereocenters. The molecule has 0 bridgehead atoms. The number of nitrogens with zero attached hydrogens (tertiary/aromatic N) is 2. The summed E-state index contributed by atoms with van der Waals surface area (Å²) >= 11 is 0. The molecule has 9 heteroatoms. The maximum Gasteiger partial charge on any atom is 0.324 e. The van der Waals surface area contributed by atoms with E-state index in [-0.39, 0.29) is 24.5 Å². The number of β-amino-alcohol motifs (C(OH)–C–C–N with tert-alkyl or cyclic N) is 1. The van der Waals surface area contributed by atoms with Crippen LogP contribution in [-0.2, 0) is 26.2 Å². The lowest BCUT2D eigenvalue weighted by atomic mass is 10.1. The quantitative estimate of drug-likeness (QED) is 0.568. The highest BCUT2D eigenvalue weighted by Gasteiger charge is 2.44. The third-order valence-corrected chi connectivity index (χ3v) is 7.44. The topological polar surface area (TPSA) is 110 Å². The van der Waals surface area contributed by atoms with Gasteiger partial charge >= 0.3 is 5.97 Å². The fourth-order valence-electron chi connectivity index (χ4n) is 3.63. The Hall–Kier alpha value is -3.01. The molecule has 0 aliphatic carbocycles. The lowest BCUT2D eigenvalue weighted by Gasteiger charge is -2.22. The highest BCUT2D eigenvalue weighted by atomic mass is 32.2. The molecule has 3 aromatic rings. The van der Waals surface area contributed by atoms with Crippen LogP contribution in [0, 0.1) is 13.8 Å². The second kappa shape index (κ2) is 8.85. The Morgan fingerprint density at radius 1 is 1.16 bits per heavy atom. The average Bonchev–Trinajstić information content (AvgIpc) is 3.41. The third kappa shape index (κ3) is 4.45. The van der Waals surface area contributed by atoms with Crippen molar-refractivity contribution >= 4 is 16.0 Å². The van der Waals surface area contributed by atoms with Crippen molar-refractivity contribution in [1.29, 1.82) is 0 Å². The minimum atomic E-state index is -3.98. The van der Waals surface area contributed by atoms with Crippen LogP contribution in [0.4, 0.5) is 0 Å². The van der Waals surface area contributed by atoms with Gasteiger partial charge in [0.25, 0.3) is 0 Å². The van der Waals surface area contributed by atoms with E-state index in [1.165, 1.54) is 6.07 Å². The van der Waals surface area contributed by atoms with Crippen molar-refractivity contribution in [3.05, 3.63) is 71.4 Å². The van der Waals surface area contributed by atoms with Crippen LogP contribution in [0.2, 0.25) is 0 Å². The van der Waals surface area contributed by atoms with Crippen LogP contribution in [0.1, 0.15) is 23.2 Å². The standard InChI is InChI=1S/C23H24N2O6S/c1-15-8-9-20(10-16(15)2)32(28,29)25-13-19(26)12-21(25)23(27)30-14-18-11-22(31-24-18)17-6-4-3-5-7-17/h3-11,19,21,26H,12-14H2,1-2H3/t19-,21-/m1/s1. The molecular formula is C23H24N2O6S. The molecule has 1 fully saturated rings. The zero-order chi connectivity index (χ0) is 22.9. The summed E-state index contributed by atoms with van der Waals surface area (Å²) in [4.78, 5) is 12.8. The van der Waals surface area contributed by atoms with Gasteiger partial charge in [-0.2, -0.15) is 4.31 Å². The number of aryl methyl sites for hydroxylation is 2. The number of aliphatic hydroxyl groups is 1. The van der Waals surface area contributed by atoms with Gasteiger partial charge in [-0.05, 0) is 37.1 Å². The number of hydrogen-bond donors (Lipinski definition) is 1. The van der Waals surface area contributed by atoms with Gasteiger partial charge in [0.1, 0.15) is 18.3 Å². The molecular weight excluding hydrogens is 432 g/mol. The van der Waals surface area contributed by atoms with Crippen molar-refractivity contribution in [3.8, 4) is 11.3 Å². The molecule has 0 spiro atoms. The molecule has 1 aliphatic heterocycles. The van der Waals surface area contributed by atoms with Gasteiger partial charge < -0.3 is 14.4 Å². The van der Waals surface area contributed by atoms with Gasteiger partial charge in [-0.15, -0.1) is 0 Å². The highest BCUT2D eigenvalue weighted by Crippen LogP contribution is 2.28. The maximum absolute atomic E-state index is 13.2. The summed E-state index contributed by atoms with van der Waals surface area (Å²) in [5, 5.41) is 14.0. The second-order valence-corrected chi connectivity index (χ2v) is 9.77. The van der Waals surface area contributed by atoms with Gasteiger partial charge in [-0.1, -0.05) is 41.6 Å². The summed E-state index contributed by atoms with van der Waals surface area (Å²) in [7, 11) is -3.98. The van der Waals surface area contributed by atoms with Crippen LogP contribution in [0.25, 0.3) is 11.3 Å². The van der Waals surface area contributed by atoms with Crippen molar-refractivity contribution in [2.75, 3.05) is 6.54 Å². The predicted molar refractivity (Wildman–Crippen MR) is 116 cm³/mol. The van der Waals surface area contributed by atoms with E-state index in [9.17, 15) is 18.3 Å². The summed E-state index contributed by atoms with van der Waals surface area (Å²) in [6.07, 6.45) is -0.984. The van der Waals surface area contributed by atoms with Crippen LogP contribution >= 0.6 is 0 Å². The lowest BCUT2D eigenvalue weighted by molar-refractivity contribution is -0.149. The zero-order valence-electron chi connectivity index (χ0n) is 17.8. The van der Waals surface area contributed by atoms with Gasteiger partial charge in [-0.25, -0.2) is 8.42 Å². The fraction of sp³-hybridized carbons (Fsp3) is 0.304. The first kappa shape index (κ1) is 22.2. The number of carbonyl (C=O) groups is 1. The Bertz CT molecular complexity index is 1220. The Morgan fingerprint density at radius 2 is 1.91 bits per heavy atom. The summed E-state index contributed by atoms with van der Waals surface area (Å²) in [5.41, 5.74) is 3.02. The van der Waals surface area contributed by atoms with Gasteiger partial charge in [0.15, 0.2) is 5.76 Å². The number of benzene rings is 2. The summed E-state index contributed by atoms with van der Waals surface area (Å²) in [5.74, 6) is -0.204. The van der Waals surface area contributed by atoms with Gasteiger partial charge in [0, 0.05) is 24.6 Å². The number of carbonyl (C=O) groups excluding carboxylic acids is 1. The number of ether oxygens (including phenoxy) is 1. The molecule has 0 amide bonds. The Morgan fingerprint density at radius 3 is 2.62 bits per heavy atom. The van der Waals surface area contributed by atoms with Crippen molar-refractivity contribution in [2.45, 2.75) is 43.9 Å².